The summed E-state index contributed by atoms with van der Waals surface area (Å²) in [5.41, 5.74) is 3.18. The molecule has 0 atom stereocenters. The Labute approximate surface area is 143 Å². The molecule has 7 nitrogen and oxygen atoms in total. The highest BCUT2D eigenvalue weighted by molar-refractivity contribution is 7.71. The van der Waals surface area contributed by atoms with E-state index in [1.165, 1.54) is 0 Å². The first-order chi connectivity index (χ1) is 11.5. The molecule has 0 saturated heterocycles. The molecule has 0 aliphatic carbocycles. The Morgan fingerprint density at radius 1 is 1.38 bits per heavy atom. The Bertz CT molecular complexity index is 903. The maximum absolute atomic E-state index is 12.1. The van der Waals surface area contributed by atoms with Crippen molar-refractivity contribution in [3.63, 3.8) is 0 Å². The van der Waals surface area contributed by atoms with Crippen LogP contribution in [0.25, 0.3) is 0 Å². The van der Waals surface area contributed by atoms with E-state index in [0.717, 1.165) is 23.4 Å². The summed E-state index contributed by atoms with van der Waals surface area (Å²) in [7, 11) is 0. The highest BCUT2D eigenvalue weighted by atomic mass is 32.1. The number of nitro groups is 1. The van der Waals surface area contributed by atoms with Gasteiger partial charge < -0.3 is 4.98 Å². The molecule has 2 heterocycles. The highest BCUT2D eigenvalue weighted by Gasteiger charge is 2.21. The van der Waals surface area contributed by atoms with Gasteiger partial charge in [0.1, 0.15) is 0 Å². The summed E-state index contributed by atoms with van der Waals surface area (Å²) in [6, 6.07) is 5.37. The summed E-state index contributed by atoms with van der Waals surface area (Å²) in [6.45, 7) is 3.74. The van der Waals surface area contributed by atoms with Crippen LogP contribution in [-0.2, 0) is 25.9 Å². The summed E-state index contributed by atoms with van der Waals surface area (Å²) < 4.78 is 0.345. The lowest BCUT2D eigenvalue weighted by molar-refractivity contribution is -0.385. The third-order valence-corrected chi connectivity index (χ3v) is 4.53. The first-order valence-electron chi connectivity index (χ1n) is 7.81. The molecule has 8 heteroatoms. The highest BCUT2D eigenvalue weighted by Crippen LogP contribution is 2.23. The Balaban J connectivity index is 1.83. The molecule has 0 radical (unpaired) electrons. The molecule has 0 bridgehead atoms. The van der Waals surface area contributed by atoms with Crippen molar-refractivity contribution in [1.82, 2.24) is 14.9 Å². The number of aromatic nitrogens is 2. The number of nitrogens with one attached hydrogen (secondary N) is 2. The average Bonchev–Trinajstić information content (AvgIpc) is 2.55. The molecule has 24 heavy (non-hydrogen) atoms. The minimum atomic E-state index is -0.335. The molecule has 0 unspecified atom stereocenters. The van der Waals surface area contributed by atoms with Crippen LogP contribution in [0.4, 0.5) is 5.69 Å². The largest absolute Gasteiger partial charge is 0.335 e. The standard InChI is InChI=1S/C16H18N4O3S/c1-2-11-4-3-10(7-14(11)20(22)23)8-19-6-5-13-12(9-19)15(21)18-16(24)17-13/h3-4,7H,2,5-6,8-9H2,1H3,(H2,17,18,21,24). The van der Waals surface area contributed by atoms with Crippen LogP contribution in [0.5, 0.6) is 0 Å². The van der Waals surface area contributed by atoms with Crippen molar-refractivity contribution in [2.24, 2.45) is 0 Å². The second-order valence-electron chi connectivity index (χ2n) is 5.90. The average molecular weight is 346 g/mol. The van der Waals surface area contributed by atoms with E-state index in [4.69, 9.17) is 12.2 Å². The van der Waals surface area contributed by atoms with Gasteiger partial charge in [0, 0.05) is 43.4 Å². The van der Waals surface area contributed by atoms with Gasteiger partial charge in [-0.15, -0.1) is 0 Å². The number of aryl methyl sites for hydroxylation is 1. The van der Waals surface area contributed by atoms with Crippen LogP contribution >= 0.6 is 12.2 Å². The van der Waals surface area contributed by atoms with Gasteiger partial charge in [-0.25, -0.2) is 0 Å². The molecule has 0 saturated carbocycles. The third kappa shape index (κ3) is 3.29. The zero-order chi connectivity index (χ0) is 17.3. The van der Waals surface area contributed by atoms with E-state index in [0.29, 0.717) is 36.3 Å². The van der Waals surface area contributed by atoms with Gasteiger partial charge in [0.2, 0.25) is 0 Å². The topological polar surface area (TPSA) is 95.0 Å². The van der Waals surface area contributed by atoms with Crippen molar-refractivity contribution in [3.8, 4) is 0 Å². The maximum Gasteiger partial charge on any atom is 0.272 e. The van der Waals surface area contributed by atoms with Gasteiger partial charge in [0.05, 0.1) is 10.5 Å². The molecular formula is C16H18N4O3S. The zero-order valence-electron chi connectivity index (χ0n) is 13.3. The predicted octanol–water partition coefficient (Wildman–Crippen LogP) is 2.46. The Morgan fingerprint density at radius 3 is 2.88 bits per heavy atom. The fraction of sp³-hybridized carbons (Fsp3) is 0.375. The van der Waals surface area contributed by atoms with Gasteiger partial charge in [-0.05, 0) is 24.2 Å². The molecule has 1 aromatic carbocycles. The smallest absolute Gasteiger partial charge is 0.272 e. The minimum absolute atomic E-state index is 0.161. The quantitative estimate of drug-likeness (QED) is 0.504. The predicted molar refractivity (Wildman–Crippen MR) is 92.5 cm³/mol. The summed E-state index contributed by atoms with van der Waals surface area (Å²) in [5, 5.41) is 11.2. The van der Waals surface area contributed by atoms with Crippen molar-refractivity contribution < 1.29 is 4.92 Å². The van der Waals surface area contributed by atoms with Crippen LogP contribution in [0.15, 0.2) is 23.0 Å². The number of fused-ring (bicyclic) bond motifs is 1. The van der Waals surface area contributed by atoms with Gasteiger partial charge in [-0.3, -0.25) is 24.8 Å². The number of hydrogen-bond acceptors (Lipinski definition) is 5. The summed E-state index contributed by atoms with van der Waals surface area (Å²) in [5.74, 6) is 0. The van der Waals surface area contributed by atoms with Gasteiger partial charge >= 0.3 is 0 Å². The van der Waals surface area contributed by atoms with Crippen molar-refractivity contribution in [2.75, 3.05) is 6.54 Å². The van der Waals surface area contributed by atoms with Gasteiger partial charge in [-0.1, -0.05) is 19.1 Å². The summed E-state index contributed by atoms with van der Waals surface area (Å²) in [6.07, 6.45) is 1.33. The number of rotatable bonds is 4. The fourth-order valence-corrected chi connectivity index (χ4v) is 3.30. The molecule has 1 aromatic heterocycles. The van der Waals surface area contributed by atoms with E-state index in [1.54, 1.807) is 6.07 Å². The molecule has 2 N–H and O–H groups in total. The molecule has 0 amide bonds. The number of benzene rings is 1. The first-order valence-corrected chi connectivity index (χ1v) is 8.21. The fourth-order valence-electron chi connectivity index (χ4n) is 3.08. The van der Waals surface area contributed by atoms with E-state index < -0.39 is 0 Å². The third-order valence-electron chi connectivity index (χ3n) is 4.32. The SMILES string of the molecule is CCc1ccc(CN2CCc3[nH]c(=S)[nH]c(=O)c3C2)cc1[N+](=O)[O-]. The number of H-pyrrole nitrogens is 2. The van der Waals surface area contributed by atoms with Crippen LogP contribution in [0, 0.1) is 14.9 Å². The number of aromatic amines is 2. The molecule has 2 aromatic rings. The second kappa shape index (κ2) is 6.66. The van der Waals surface area contributed by atoms with Crippen molar-refractivity contribution in [3.05, 3.63) is 65.8 Å². The van der Waals surface area contributed by atoms with Crippen molar-refractivity contribution >= 4 is 17.9 Å². The summed E-state index contributed by atoms with van der Waals surface area (Å²) in [4.78, 5) is 30.7. The second-order valence-corrected chi connectivity index (χ2v) is 6.31. The maximum atomic E-state index is 12.1. The molecule has 0 fully saturated rings. The number of hydrogen-bond donors (Lipinski definition) is 2. The molecule has 1 aliphatic rings. The van der Waals surface area contributed by atoms with Crippen LogP contribution in [0.2, 0.25) is 0 Å². The van der Waals surface area contributed by atoms with E-state index in [-0.39, 0.29) is 16.2 Å². The van der Waals surface area contributed by atoms with Gasteiger partial charge in [-0.2, -0.15) is 0 Å². The lowest BCUT2D eigenvalue weighted by Crippen LogP contribution is -2.35. The van der Waals surface area contributed by atoms with Crippen LogP contribution in [-0.4, -0.2) is 26.3 Å². The summed E-state index contributed by atoms with van der Waals surface area (Å²) >= 11 is 4.99. The van der Waals surface area contributed by atoms with Crippen LogP contribution in [0.3, 0.4) is 0 Å². The van der Waals surface area contributed by atoms with Gasteiger partial charge in [0.15, 0.2) is 4.77 Å². The van der Waals surface area contributed by atoms with E-state index in [1.807, 2.05) is 19.1 Å². The van der Waals surface area contributed by atoms with Crippen LogP contribution < -0.4 is 5.56 Å². The number of nitrogens with zero attached hydrogens (tertiary/aromatic N) is 2. The first kappa shape index (κ1) is 16.5. The Kier molecular flexibility index (Phi) is 4.59. The van der Waals surface area contributed by atoms with Gasteiger partial charge in [0.25, 0.3) is 11.2 Å². The Morgan fingerprint density at radius 2 is 2.17 bits per heavy atom. The van der Waals surface area contributed by atoms with E-state index in [9.17, 15) is 14.9 Å². The van der Waals surface area contributed by atoms with E-state index >= 15 is 0 Å². The molecule has 3 rings (SSSR count). The zero-order valence-corrected chi connectivity index (χ0v) is 14.1. The molecular weight excluding hydrogens is 328 g/mol. The van der Waals surface area contributed by atoms with Crippen molar-refractivity contribution in [1.29, 1.82) is 0 Å². The minimum Gasteiger partial charge on any atom is -0.335 e. The van der Waals surface area contributed by atoms with Crippen molar-refractivity contribution in [2.45, 2.75) is 32.9 Å². The molecule has 126 valence electrons. The lowest BCUT2D eigenvalue weighted by atomic mass is 10.0. The van der Waals surface area contributed by atoms with Crippen LogP contribution in [0.1, 0.15) is 29.3 Å². The molecule has 1 aliphatic heterocycles. The molecule has 0 spiro atoms. The normalized spacial score (nSPS) is 14.4. The number of nitro benzene ring substituents is 1. The lowest BCUT2D eigenvalue weighted by Gasteiger charge is -2.27. The monoisotopic (exact) mass is 346 g/mol. The Hall–Kier alpha value is -2.32. The van der Waals surface area contributed by atoms with E-state index in [2.05, 4.69) is 14.9 Å².